The summed E-state index contributed by atoms with van der Waals surface area (Å²) in [7, 11) is 1.60. The summed E-state index contributed by atoms with van der Waals surface area (Å²) >= 11 is 6.11. The minimum absolute atomic E-state index is 0.229. The van der Waals surface area contributed by atoms with Crippen LogP contribution in [-0.2, 0) is 14.3 Å². The number of carbonyl (C=O) groups is 1. The molecule has 0 heterocycles. The van der Waals surface area contributed by atoms with Gasteiger partial charge in [0.2, 0.25) is 0 Å². The fourth-order valence-electron chi connectivity index (χ4n) is 1.58. The number of benzene rings is 1. The number of amides is 1. The number of hydrogen-bond acceptors (Lipinski definition) is 4. The van der Waals surface area contributed by atoms with Crippen molar-refractivity contribution in [2.24, 2.45) is 0 Å². The van der Waals surface area contributed by atoms with E-state index in [9.17, 15) is 4.79 Å². The Kier molecular flexibility index (Phi) is 8.58. The maximum absolute atomic E-state index is 12.0. The van der Waals surface area contributed by atoms with Crippen LogP contribution in [0.5, 0.6) is 5.75 Å². The Morgan fingerprint density at radius 3 is 2.82 bits per heavy atom. The number of halogens is 1. The minimum atomic E-state index is -0.545. The number of hydrogen-bond donors (Lipinski definition) is 1. The predicted molar refractivity (Wildman–Crippen MR) is 87.7 cm³/mol. The van der Waals surface area contributed by atoms with Gasteiger partial charge >= 0.3 is 0 Å². The lowest BCUT2D eigenvalue weighted by molar-refractivity contribution is -0.126. The first-order valence-electron chi connectivity index (χ1n) is 7.03. The van der Waals surface area contributed by atoms with E-state index in [1.807, 2.05) is 0 Å². The van der Waals surface area contributed by atoms with Gasteiger partial charge in [-0.1, -0.05) is 17.7 Å². The van der Waals surface area contributed by atoms with E-state index in [4.69, 9.17) is 25.8 Å². The SMILES string of the molecule is C=CCCOC(C)C(=O)Nc1ccc(OCCOC)c(Cl)c1. The number of ether oxygens (including phenoxy) is 3. The van der Waals surface area contributed by atoms with Gasteiger partial charge in [0, 0.05) is 12.8 Å². The molecule has 0 bridgehead atoms. The highest BCUT2D eigenvalue weighted by molar-refractivity contribution is 6.32. The predicted octanol–water partition coefficient (Wildman–Crippen LogP) is 3.28. The van der Waals surface area contributed by atoms with Gasteiger partial charge in [0.1, 0.15) is 18.5 Å². The zero-order valence-electron chi connectivity index (χ0n) is 12.9. The summed E-state index contributed by atoms with van der Waals surface area (Å²) in [5.41, 5.74) is 0.591. The van der Waals surface area contributed by atoms with Gasteiger partial charge in [-0.05, 0) is 31.5 Å². The first kappa shape index (κ1) is 18.5. The molecule has 5 nitrogen and oxygen atoms in total. The Morgan fingerprint density at radius 2 is 2.18 bits per heavy atom. The molecule has 1 rings (SSSR count). The van der Waals surface area contributed by atoms with E-state index in [0.717, 1.165) is 0 Å². The minimum Gasteiger partial charge on any atom is -0.490 e. The van der Waals surface area contributed by atoms with Crippen molar-refractivity contribution in [1.82, 2.24) is 0 Å². The smallest absolute Gasteiger partial charge is 0.253 e. The van der Waals surface area contributed by atoms with Gasteiger partial charge in [-0.3, -0.25) is 4.79 Å². The van der Waals surface area contributed by atoms with E-state index in [0.29, 0.717) is 42.7 Å². The van der Waals surface area contributed by atoms with Crippen molar-refractivity contribution in [2.45, 2.75) is 19.4 Å². The summed E-state index contributed by atoms with van der Waals surface area (Å²) in [5.74, 6) is 0.320. The molecule has 0 aromatic heterocycles. The van der Waals surface area contributed by atoms with Crippen LogP contribution in [0, 0.1) is 0 Å². The van der Waals surface area contributed by atoms with Gasteiger partial charge in [-0.25, -0.2) is 0 Å². The number of anilines is 1. The van der Waals surface area contributed by atoms with Crippen LogP contribution in [0.3, 0.4) is 0 Å². The fourth-order valence-corrected chi connectivity index (χ4v) is 1.81. The third-order valence-electron chi connectivity index (χ3n) is 2.80. The molecular weight excluding hydrogens is 306 g/mol. The molecule has 1 atom stereocenters. The van der Waals surface area contributed by atoms with E-state index < -0.39 is 6.10 Å². The Bertz CT molecular complexity index is 493. The number of nitrogens with one attached hydrogen (secondary N) is 1. The van der Waals surface area contributed by atoms with Gasteiger partial charge in [0.05, 0.1) is 18.2 Å². The molecule has 1 unspecified atom stereocenters. The molecule has 1 amide bonds. The molecule has 0 spiro atoms. The summed E-state index contributed by atoms with van der Waals surface area (Å²) in [5, 5.41) is 3.17. The van der Waals surface area contributed by atoms with Crippen LogP contribution in [0.15, 0.2) is 30.9 Å². The van der Waals surface area contributed by atoms with E-state index >= 15 is 0 Å². The summed E-state index contributed by atoms with van der Waals surface area (Å²) < 4.78 is 15.7. The lowest BCUT2D eigenvalue weighted by Gasteiger charge is -2.14. The van der Waals surface area contributed by atoms with Crippen molar-refractivity contribution in [3.05, 3.63) is 35.9 Å². The fraction of sp³-hybridized carbons (Fsp3) is 0.438. The molecule has 1 N–H and O–H groups in total. The van der Waals surface area contributed by atoms with Crippen LogP contribution in [0.25, 0.3) is 0 Å². The van der Waals surface area contributed by atoms with Crippen molar-refractivity contribution in [1.29, 1.82) is 0 Å². The topological polar surface area (TPSA) is 56.8 Å². The first-order valence-corrected chi connectivity index (χ1v) is 7.41. The third kappa shape index (κ3) is 6.47. The van der Waals surface area contributed by atoms with E-state index in [1.54, 1.807) is 38.3 Å². The molecule has 22 heavy (non-hydrogen) atoms. The van der Waals surface area contributed by atoms with Crippen molar-refractivity contribution >= 4 is 23.2 Å². The van der Waals surface area contributed by atoms with Gasteiger partial charge < -0.3 is 19.5 Å². The Balaban J connectivity index is 2.53. The second-order valence-corrected chi connectivity index (χ2v) is 4.97. The average molecular weight is 328 g/mol. The van der Waals surface area contributed by atoms with Crippen LogP contribution in [0.1, 0.15) is 13.3 Å². The number of methoxy groups -OCH3 is 1. The van der Waals surface area contributed by atoms with Crippen molar-refractivity contribution in [3.63, 3.8) is 0 Å². The van der Waals surface area contributed by atoms with E-state index in [2.05, 4.69) is 11.9 Å². The van der Waals surface area contributed by atoms with E-state index in [-0.39, 0.29) is 5.91 Å². The molecule has 6 heteroatoms. The molecule has 0 saturated carbocycles. The lowest BCUT2D eigenvalue weighted by atomic mass is 10.2. The molecule has 1 aromatic carbocycles. The first-order chi connectivity index (χ1) is 10.6. The average Bonchev–Trinajstić information content (AvgIpc) is 2.49. The molecule has 1 aromatic rings. The van der Waals surface area contributed by atoms with Gasteiger partial charge in [0.15, 0.2) is 0 Å². The van der Waals surface area contributed by atoms with Gasteiger partial charge in [-0.2, -0.15) is 0 Å². The second kappa shape index (κ2) is 10.2. The largest absolute Gasteiger partial charge is 0.490 e. The standard InChI is InChI=1S/C16H22ClNO4/c1-4-5-8-21-12(2)16(19)18-13-6-7-15(14(17)11-13)22-10-9-20-3/h4,6-7,11-12H,1,5,8-10H2,2-3H3,(H,18,19). The highest BCUT2D eigenvalue weighted by atomic mass is 35.5. The molecule has 122 valence electrons. The summed E-state index contributed by atoms with van der Waals surface area (Å²) in [6.45, 7) is 6.65. The summed E-state index contributed by atoms with van der Waals surface area (Å²) in [4.78, 5) is 12.0. The van der Waals surface area contributed by atoms with Crippen LogP contribution in [0.4, 0.5) is 5.69 Å². The molecule has 0 aliphatic heterocycles. The number of rotatable bonds is 10. The zero-order valence-corrected chi connectivity index (χ0v) is 13.7. The monoisotopic (exact) mass is 327 g/mol. The molecule has 0 radical (unpaired) electrons. The highest BCUT2D eigenvalue weighted by Crippen LogP contribution is 2.27. The molecule has 0 aliphatic carbocycles. The van der Waals surface area contributed by atoms with Crippen molar-refractivity contribution in [2.75, 3.05) is 32.2 Å². The van der Waals surface area contributed by atoms with Crippen LogP contribution in [-0.4, -0.2) is 38.9 Å². The van der Waals surface area contributed by atoms with Crippen molar-refractivity contribution < 1.29 is 19.0 Å². The Labute approximate surface area is 136 Å². The highest BCUT2D eigenvalue weighted by Gasteiger charge is 2.14. The van der Waals surface area contributed by atoms with Gasteiger partial charge in [-0.15, -0.1) is 6.58 Å². The quantitative estimate of drug-likeness (QED) is 0.529. The van der Waals surface area contributed by atoms with Crippen molar-refractivity contribution in [3.8, 4) is 5.75 Å². The number of carbonyl (C=O) groups excluding carboxylic acids is 1. The van der Waals surface area contributed by atoms with E-state index in [1.165, 1.54) is 0 Å². The summed E-state index contributed by atoms with van der Waals surface area (Å²) in [6, 6.07) is 5.07. The van der Waals surface area contributed by atoms with Crippen LogP contribution in [0.2, 0.25) is 5.02 Å². The van der Waals surface area contributed by atoms with Crippen LogP contribution < -0.4 is 10.1 Å². The lowest BCUT2D eigenvalue weighted by Crippen LogP contribution is -2.28. The maximum atomic E-state index is 12.0. The van der Waals surface area contributed by atoms with Gasteiger partial charge in [0.25, 0.3) is 5.91 Å². The molecule has 0 saturated heterocycles. The Hall–Kier alpha value is -1.56. The summed E-state index contributed by atoms with van der Waals surface area (Å²) in [6.07, 6.45) is 1.90. The molecule has 0 fully saturated rings. The molecular formula is C16H22ClNO4. The maximum Gasteiger partial charge on any atom is 0.253 e. The second-order valence-electron chi connectivity index (χ2n) is 4.57. The normalized spacial score (nSPS) is 11.8. The van der Waals surface area contributed by atoms with Crippen LogP contribution >= 0.6 is 11.6 Å². The third-order valence-corrected chi connectivity index (χ3v) is 3.10. The Morgan fingerprint density at radius 1 is 1.41 bits per heavy atom. The zero-order chi connectivity index (χ0) is 16.4. The molecule has 0 aliphatic rings.